The quantitative estimate of drug-likeness (QED) is 0.607. The van der Waals surface area contributed by atoms with E-state index in [0.29, 0.717) is 0 Å². The Morgan fingerprint density at radius 3 is 2.21 bits per heavy atom. The second-order valence-electron chi connectivity index (χ2n) is 2.77. The van der Waals surface area contributed by atoms with Crippen molar-refractivity contribution in [1.29, 1.82) is 0 Å². The molecule has 0 atom stereocenters. The van der Waals surface area contributed by atoms with E-state index >= 15 is 0 Å². The molecule has 1 aromatic carbocycles. The van der Waals surface area contributed by atoms with Crippen molar-refractivity contribution in [3.63, 3.8) is 0 Å². The van der Waals surface area contributed by atoms with Gasteiger partial charge in [0.25, 0.3) is 0 Å². The molecule has 82 valence electrons. The first-order chi connectivity index (χ1) is 5.93. The van der Waals surface area contributed by atoms with Crippen LogP contribution < -0.4 is 10.9 Å². The minimum Gasteiger partial charge on any atom is -0.258 e. The van der Waals surface area contributed by atoms with Crippen molar-refractivity contribution < 1.29 is 0 Å². The number of halogens is 2. The van der Waals surface area contributed by atoms with Crippen LogP contribution in [0.5, 0.6) is 0 Å². The molecule has 0 amide bonds. The maximum atomic E-state index is 3.15. The third kappa shape index (κ3) is 7.15. The van der Waals surface area contributed by atoms with Gasteiger partial charge in [-0.1, -0.05) is 37.3 Å². The topological polar surface area (TPSA) is 24.1 Å². The summed E-state index contributed by atoms with van der Waals surface area (Å²) in [5.41, 5.74) is 7.59. The van der Waals surface area contributed by atoms with Crippen LogP contribution in [0.3, 0.4) is 0 Å². The molecule has 0 fully saturated rings. The molecule has 0 aromatic heterocycles. The van der Waals surface area contributed by atoms with Gasteiger partial charge in [0, 0.05) is 13.1 Å². The van der Waals surface area contributed by atoms with Crippen LogP contribution in [0.1, 0.15) is 18.9 Å². The van der Waals surface area contributed by atoms with E-state index in [0.717, 1.165) is 19.5 Å². The van der Waals surface area contributed by atoms with Crippen molar-refractivity contribution in [3.8, 4) is 0 Å². The number of nitrogens with one attached hydrogen (secondary N) is 2. The Morgan fingerprint density at radius 1 is 1.00 bits per heavy atom. The molecule has 0 aliphatic carbocycles. The molecule has 0 aliphatic rings. The van der Waals surface area contributed by atoms with Gasteiger partial charge in [-0.25, -0.2) is 0 Å². The molecule has 1 rings (SSSR count). The number of hydrogen-bond acceptors (Lipinski definition) is 2. The zero-order chi connectivity index (χ0) is 8.65. The van der Waals surface area contributed by atoms with Crippen LogP contribution in [0.25, 0.3) is 0 Å². The molecular formula is C10H18Cl2N2. The lowest BCUT2D eigenvalue weighted by molar-refractivity contribution is 0.528. The molecular weight excluding hydrogens is 219 g/mol. The molecule has 1 aromatic rings. The van der Waals surface area contributed by atoms with Crippen LogP contribution in [0, 0.1) is 0 Å². The van der Waals surface area contributed by atoms with E-state index in [4.69, 9.17) is 0 Å². The van der Waals surface area contributed by atoms with Gasteiger partial charge >= 0.3 is 0 Å². The molecule has 0 heterocycles. The first-order valence-corrected chi connectivity index (χ1v) is 4.43. The molecule has 2 N–H and O–H groups in total. The van der Waals surface area contributed by atoms with Gasteiger partial charge in [-0.2, -0.15) is 0 Å². The van der Waals surface area contributed by atoms with E-state index in [1.165, 1.54) is 5.56 Å². The molecule has 4 heteroatoms. The molecule has 0 radical (unpaired) electrons. The lowest BCUT2D eigenvalue weighted by atomic mass is 10.2. The van der Waals surface area contributed by atoms with E-state index < -0.39 is 0 Å². The number of rotatable bonds is 5. The van der Waals surface area contributed by atoms with Crippen molar-refractivity contribution in [2.75, 3.05) is 6.54 Å². The van der Waals surface area contributed by atoms with E-state index in [1.54, 1.807) is 0 Å². The maximum absolute atomic E-state index is 3.15. The summed E-state index contributed by atoms with van der Waals surface area (Å²) in [6.07, 6.45) is 1.15. The van der Waals surface area contributed by atoms with Crippen LogP contribution in [0.15, 0.2) is 30.3 Å². The second-order valence-corrected chi connectivity index (χ2v) is 2.77. The van der Waals surface area contributed by atoms with Crippen molar-refractivity contribution in [1.82, 2.24) is 10.9 Å². The third-order valence-electron chi connectivity index (χ3n) is 1.64. The summed E-state index contributed by atoms with van der Waals surface area (Å²) < 4.78 is 0. The molecule has 14 heavy (non-hydrogen) atoms. The first-order valence-electron chi connectivity index (χ1n) is 4.43. The Kier molecular flexibility index (Phi) is 12.5. The molecule has 2 nitrogen and oxygen atoms in total. The van der Waals surface area contributed by atoms with Gasteiger partial charge in [0.1, 0.15) is 0 Å². The summed E-state index contributed by atoms with van der Waals surface area (Å²) in [5.74, 6) is 0. The fraction of sp³-hybridized carbons (Fsp3) is 0.400. The van der Waals surface area contributed by atoms with Crippen LogP contribution in [-0.4, -0.2) is 6.54 Å². The minimum absolute atomic E-state index is 0. The molecule has 0 unspecified atom stereocenters. The van der Waals surface area contributed by atoms with E-state index in [9.17, 15) is 0 Å². The SMILES string of the molecule is CCCNNCc1ccccc1.Cl.Cl. The highest BCUT2D eigenvalue weighted by Crippen LogP contribution is 1.95. The molecule has 0 bridgehead atoms. The van der Waals surface area contributed by atoms with Gasteiger partial charge < -0.3 is 0 Å². The molecule has 0 aliphatic heterocycles. The monoisotopic (exact) mass is 236 g/mol. The average molecular weight is 237 g/mol. The third-order valence-corrected chi connectivity index (χ3v) is 1.64. The van der Waals surface area contributed by atoms with Gasteiger partial charge in [0.15, 0.2) is 0 Å². The fourth-order valence-corrected chi connectivity index (χ4v) is 0.974. The maximum Gasteiger partial charge on any atom is 0.0351 e. The minimum atomic E-state index is 0. The summed E-state index contributed by atoms with van der Waals surface area (Å²) >= 11 is 0. The van der Waals surface area contributed by atoms with Crippen molar-refractivity contribution in [2.45, 2.75) is 19.9 Å². The normalized spacial score (nSPS) is 8.64. The lowest BCUT2D eigenvalue weighted by Crippen LogP contribution is -2.31. The summed E-state index contributed by atoms with van der Waals surface area (Å²) in [5, 5.41) is 0. The Morgan fingerprint density at radius 2 is 1.64 bits per heavy atom. The second kappa shape index (κ2) is 10.8. The summed E-state index contributed by atoms with van der Waals surface area (Å²) in [6.45, 7) is 4.06. The predicted octanol–water partition coefficient (Wildman–Crippen LogP) is 2.53. The Labute approximate surface area is 98.3 Å². The smallest absolute Gasteiger partial charge is 0.0351 e. The number of hydrogen-bond donors (Lipinski definition) is 2. The lowest BCUT2D eigenvalue weighted by Gasteiger charge is -2.04. The number of benzene rings is 1. The van der Waals surface area contributed by atoms with Crippen LogP contribution in [-0.2, 0) is 6.54 Å². The molecule has 0 saturated heterocycles. The fourth-order valence-electron chi connectivity index (χ4n) is 0.974. The highest BCUT2D eigenvalue weighted by molar-refractivity contribution is 5.85. The summed E-state index contributed by atoms with van der Waals surface area (Å²) in [6, 6.07) is 10.4. The van der Waals surface area contributed by atoms with Crippen molar-refractivity contribution in [3.05, 3.63) is 35.9 Å². The van der Waals surface area contributed by atoms with Gasteiger partial charge in [0.05, 0.1) is 0 Å². The Balaban J connectivity index is 0. The Bertz CT molecular complexity index is 205. The van der Waals surface area contributed by atoms with Crippen molar-refractivity contribution >= 4 is 24.8 Å². The van der Waals surface area contributed by atoms with Crippen molar-refractivity contribution in [2.24, 2.45) is 0 Å². The first kappa shape index (κ1) is 16.2. The zero-order valence-corrected chi connectivity index (χ0v) is 9.96. The van der Waals surface area contributed by atoms with Gasteiger partial charge in [-0.05, 0) is 12.0 Å². The number of hydrazine groups is 1. The zero-order valence-electron chi connectivity index (χ0n) is 8.32. The predicted molar refractivity (Wildman–Crippen MR) is 66.1 cm³/mol. The van der Waals surface area contributed by atoms with Crippen LogP contribution >= 0.6 is 24.8 Å². The molecule has 0 spiro atoms. The van der Waals surface area contributed by atoms with E-state index in [2.05, 4.69) is 42.0 Å². The highest BCUT2D eigenvalue weighted by Gasteiger charge is 1.87. The average Bonchev–Trinajstić information content (AvgIpc) is 2.14. The Hall–Kier alpha value is -0.280. The van der Waals surface area contributed by atoms with Gasteiger partial charge in [0.2, 0.25) is 0 Å². The highest BCUT2D eigenvalue weighted by atomic mass is 35.5. The van der Waals surface area contributed by atoms with E-state index in [-0.39, 0.29) is 24.8 Å². The molecule has 0 saturated carbocycles. The van der Waals surface area contributed by atoms with Crippen LogP contribution in [0.2, 0.25) is 0 Å². The van der Waals surface area contributed by atoms with Crippen LogP contribution in [0.4, 0.5) is 0 Å². The van der Waals surface area contributed by atoms with E-state index in [1.807, 2.05) is 6.07 Å². The largest absolute Gasteiger partial charge is 0.258 e. The summed E-state index contributed by atoms with van der Waals surface area (Å²) in [7, 11) is 0. The summed E-state index contributed by atoms with van der Waals surface area (Å²) in [4.78, 5) is 0. The van der Waals surface area contributed by atoms with Gasteiger partial charge in [-0.3, -0.25) is 10.9 Å². The van der Waals surface area contributed by atoms with Gasteiger partial charge in [-0.15, -0.1) is 24.8 Å². The standard InChI is InChI=1S/C10H16N2.2ClH/c1-2-8-11-12-9-10-6-4-3-5-7-10;;/h3-7,11-12H,2,8-9H2,1H3;2*1H.